The van der Waals surface area contributed by atoms with Crippen molar-refractivity contribution in [3.8, 4) is 0 Å². The fourth-order valence-corrected chi connectivity index (χ4v) is 5.39. The Kier molecular flexibility index (Phi) is 40.2. The molecule has 55 heavy (non-hydrogen) atoms. The average molecular weight is 763 g/mol. The van der Waals surface area contributed by atoms with E-state index in [1.807, 2.05) is 36.5 Å². The van der Waals surface area contributed by atoms with E-state index in [9.17, 15) is 14.4 Å². The Morgan fingerprint density at radius 1 is 0.400 bits per heavy atom. The normalized spacial score (nSPS) is 13.0. The molecular weight excluding hydrogens is 685 g/mol. The summed E-state index contributed by atoms with van der Waals surface area (Å²) < 4.78 is 16.6. The van der Waals surface area contributed by atoms with Crippen LogP contribution in [0.25, 0.3) is 0 Å². The van der Waals surface area contributed by atoms with Gasteiger partial charge in [0.25, 0.3) is 0 Å². The summed E-state index contributed by atoms with van der Waals surface area (Å²) in [7, 11) is 0. The van der Waals surface area contributed by atoms with Crippen molar-refractivity contribution in [3.63, 3.8) is 0 Å². The monoisotopic (exact) mass is 763 g/mol. The van der Waals surface area contributed by atoms with Crippen LogP contribution < -0.4 is 0 Å². The van der Waals surface area contributed by atoms with Gasteiger partial charge < -0.3 is 14.2 Å². The van der Waals surface area contributed by atoms with Crippen molar-refractivity contribution >= 4 is 17.9 Å². The number of carbonyl (C=O) groups excluding carboxylic acids is 3. The first-order valence-electron chi connectivity index (χ1n) is 21.8. The fraction of sp³-hybridized carbons (Fsp3) is 0.612. The van der Waals surface area contributed by atoms with Gasteiger partial charge in [-0.3, -0.25) is 14.4 Å². The van der Waals surface area contributed by atoms with Gasteiger partial charge >= 0.3 is 17.9 Å². The molecule has 0 amide bonds. The van der Waals surface area contributed by atoms with E-state index in [0.29, 0.717) is 19.3 Å². The number of carbonyl (C=O) groups is 3. The van der Waals surface area contributed by atoms with Crippen LogP contribution >= 0.6 is 0 Å². The number of ether oxygens (including phenoxy) is 3. The molecule has 0 N–H and O–H groups in total. The molecule has 310 valence electrons. The maximum absolute atomic E-state index is 12.7. The highest BCUT2D eigenvalue weighted by atomic mass is 16.6. The standard InChI is InChI=1S/C49H78O6/c1-4-7-10-13-16-19-22-24-26-27-30-33-36-39-42-48(51)54-45-46(44-53-47(50)41-38-35-32-29-21-18-15-12-9-6-3)55-49(52)43-40-37-34-31-28-25-23-20-17-14-11-8-5-2/h7-8,10-11,14-20,23-26,28,46H,4-6,9,12-13,21-22,27,29-45H2,1-3H3/b10-7-,11-8-,17-14-,18-15-,19-16-,23-20-,26-24-,28-25-. The minimum atomic E-state index is -0.810. The van der Waals surface area contributed by atoms with Crippen LogP contribution in [0.3, 0.4) is 0 Å². The summed E-state index contributed by atoms with van der Waals surface area (Å²) in [6.07, 6.45) is 55.3. The summed E-state index contributed by atoms with van der Waals surface area (Å²) in [4.78, 5) is 37.7. The van der Waals surface area contributed by atoms with E-state index in [1.165, 1.54) is 12.8 Å². The van der Waals surface area contributed by atoms with Crippen LogP contribution in [0, 0.1) is 0 Å². The van der Waals surface area contributed by atoms with E-state index in [-0.39, 0.29) is 37.5 Å². The molecule has 1 atom stereocenters. The van der Waals surface area contributed by atoms with Crippen LogP contribution in [-0.4, -0.2) is 37.2 Å². The van der Waals surface area contributed by atoms with E-state index in [0.717, 1.165) is 116 Å². The molecule has 0 heterocycles. The molecule has 0 spiro atoms. The van der Waals surface area contributed by atoms with Crippen molar-refractivity contribution in [2.24, 2.45) is 0 Å². The second-order valence-electron chi connectivity index (χ2n) is 13.9. The van der Waals surface area contributed by atoms with Gasteiger partial charge in [0, 0.05) is 19.3 Å². The van der Waals surface area contributed by atoms with E-state index >= 15 is 0 Å². The van der Waals surface area contributed by atoms with Crippen molar-refractivity contribution in [3.05, 3.63) is 97.2 Å². The van der Waals surface area contributed by atoms with Crippen LogP contribution in [0.2, 0.25) is 0 Å². The number of esters is 3. The van der Waals surface area contributed by atoms with Gasteiger partial charge in [0.15, 0.2) is 6.10 Å². The number of unbranched alkanes of at least 4 members (excludes halogenated alkanes) is 13. The number of hydrogen-bond donors (Lipinski definition) is 0. The molecule has 0 aliphatic rings. The van der Waals surface area contributed by atoms with Crippen molar-refractivity contribution in [2.75, 3.05) is 13.2 Å². The first kappa shape index (κ1) is 51.3. The second kappa shape index (κ2) is 43.1. The van der Waals surface area contributed by atoms with Crippen molar-refractivity contribution in [1.82, 2.24) is 0 Å². The van der Waals surface area contributed by atoms with Crippen LogP contribution in [0.1, 0.15) is 175 Å². The van der Waals surface area contributed by atoms with Crippen molar-refractivity contribution in [1.29, 1.82) is 0 Å². The van der Waals surface area contributed by atoms with Gasteiger partial charge in [-0.1, -0.05) is 163 Å². The van der Waals surface area contributed by atoms with Gasteiger partial charge in [-0.05, 0) is 89.9 Å². The fourth-order valence-electron chi connectivity index (χ4n) is 5.39. The quantitative estimate of drug-likeness (QED) is 0.0206. The summed E-state index contributed by atoms with van der Waals surface area (Å²) >= 11 is 0. The lowest BCUT2D eigenvalue weighted by Crippen LogP contribution is -2.30. The Morgan fingerprint density at radius 2 is 0.800 bits per heavy atom. The molecule has 6 heteroatoms. The molecule has 0 rings (SSSR count). The number of hydrogen-bond acceptors (Lipinski definition) is 6. The molecule has 6 nitrogen and oxygen atoms in total. The van der Waals surface area contributed by atoms with E-state index in [2.05, 4.69) is 81.5 Å². The molecule has 0 saturated heterocycles. The zero-order chi connectivity index (χ0) is 40.1. The Morgan fingerprint density at radius 3 is 1.35 bits per heavy atom. The van der Waals surface area contributed by atoms with Gasteiger partial charge in [0.1, 0.15) is 13.2 Å². The lowest BCUT2D eigenvalue weighted by atomic mass is 10.1. The van der Waals surface area contributed by atoms with Gasteiger partial charge in [0.05, 0.1) is 0 Å². The molecule has 0 aromatic heterocycles. The third-order valence-corrected chi connectivity index (χ3v) is 8.65. The van der Waals surface area contributed by atoms with Crippen molar-refractivity contribution < 1.29 is 28.6 Å². The van der Waals surface area contributed by atoms with Crippen molar-refractivity contribution in [2.45, 2.75) is 181 Å². The summed E-state index contributed by atoms with van der Waals surface area (Å²) in [6.45, 7) is 6.24. The van der Waals surface area contributed by atoms with Gasteiger partial charge in [-0.15, -0.1) is 0 Å². The third-order valence-electron chi connectivity index (χ3n) is 8.65. The Hall–Kier alpha value is -3.67. The third kappa shape index (κ3) is 41.3. The largest absolute Gasteiger partial charge is 0.462 e. The smallest absolute Gasteiger partial charge is 0.306 e. The Bertz CT molecular complexity index is 1150. The zero-order valence-corrected chi connectivity index (χ0v) is 35.1. The maximum atomic E-state index is 12.7. The molecule has 0 radical (unpaired) electrons. The lowest BCUT2D eigenvalue weighted by Gasteiger charge is -2.18. The summed E-state index contributed by atoms with van der Waals surface area (Å²) in [5, 5.41) is 0. The Balaban J connectivity index is 4.52. The predicted octanol–water partition coefficient (Wildman–Crippen LogP) is 13.9. The molecule has 0 saturated carbocycles. The van der Waals surface area contributed by atoms with Crippen LogP contribution in [0.5, 0.6) is 0 Å². The molecule has 0 fully saturated rings. The van der Waals surface area contributed by atoms with Gasteiger partial charge in [0.2, 0.25) is 0 Å². The highest BCUT2D eigenvalue weighted by Gasteiger charge is 2.19. The average Bonchev–Trinajstić information content (AvgIpc) is 3.18. The summed E-state index contributed by atoms with van der Waals surface area (Å²) in [5.41, 5.74) is 0. The highest BCUT2D eigenvalue weighted by molar-refractivity contribution is 5.71. The number of allylic oxidation sites excluding steroid dienone is 16. The summed E-state index contributed by atoms with van der Waals surface area (Å²) in [6, 6.07) is 0. The highest BCUT2D eigenvalue weighted by Crippen LogP contribution is 2.11. The zero-order valence-electron chi connectivity index (χ0n) is 35.1. The molecular formula is C49H78O6. The van der Waals surface area contributed by atoms with E-state index < -0.39 is 6.10 Å². The SMILES string of the molecule is CC\C=C/C=C\C=C/C=C\CCCCCC(=O)OC(COC(=O)CCCCCC/C=C\C/C=C\C/C=C\CC)COC(=O)CCCCCC/C=C\CCCC. The number of rotatable bonds is 37. The minimum Gasteiger partial charge on any atom is -0.462 e. The van der Waals surface area contributed by atoms with Crippen LogP contribution in [0.15, 0.2) is 97.2 Å². The topological polar surface area (TPSA) is 78.9 Å². The van der Waals surface area contributed by atoms with Crippen LogP contribution in [0.4, 0.5) is 0 Å². The Labute approximate surface area is 337 Å². The van der Waals surface area contributed by atoms with Crippen LogP contribution in [-0.2, 0) is 28.6 Å². The van der Waals surface area contributed by atoms with E-state index in [1.54, 1.807) is 0 Å². The molecule has 0 aliphatic carbocycles. The van der Waals surface area contributed by atoms with Gasteiger partial charge in [-0.2, -0.15) is 0 Å². The lowest BCUT2D eigenvalue weighted by molar-refractivity contribution is -0.167. The van der Waals surface area contributed by atoms with Gasteiger partial charge in [-0.25, -0.2) is 0 Å². The molecule has 0 aromatic rings. The molecule has 0 bridgehead atoms. The first-order valence-corrected chi connectivity index (χ1v) is 21.8. The predicted molar refractivity (Wildman–Crippen MR) is 233 cm³/mol. The molecule has 0 aliphatic heterocycles. The second-order valence-corrected chi connectivity index (χ2v) is 13.9. The maximum Gasteiger partial charge on any atom is 0.306 e. The minimum absolute atomic E-state index is 0.109. The molecule has 0 aromatic carbocycles. The molecule has 1 unspecified atom stereocenters. The van der Waals surface area contributed by atoms with E-state index in [4.69, 9.17) is 14.2 Å². The summed E-state index contributed by atoms with van der Waals surface area (Å²) in [5.74, 6) is -0.997. The first-order chi connectivity index (χ1) is 27.0.